The van der Waals surface area contributed by atoms with Gasteiger partial charge in [0.2, 0.25) is 0 Å². The number of hydrogen-bond donors (Lipinski definition) is 1. The highest BCUT2D eigenvalue weighted by Gasteiger charge is 2.13. The van der Waals surface area contributed by atoms with Gasteiger partial charge in [-0.25, -0.2) is 0 Å². The van der Waals surface area contributed by atoms with Gasteiger partial charge in [0.1, 0.15) is 0 Å². The lowest BCUT2D eigenvalue weighted by molar-refractivity contribution is 0.0951. The minimum atomic E-state index is -0.120. The van der Waals surface area contributed by atoms with Crippen LogP contribution >= 0.6 is 11.6 Å². The number of rotatable bonds is 5. The molecule has 0 aliphatic rings. The summed E-state index contributed by atoms with van der Waals surface area (Å²) in [6.07, 6.45) is 0.979. The zero-order valence-electron chi connectivity index (χ0n) is 11.5. The van der Waals surface area contributed by atoms with Gasteiger partial charge in [-0.1, -0.05) is 61.0 Å². The van der Waals surface area contributed by atoms with Crippen molar-refractivity contribution in [1.82, 2.24) is 5.32 Å². The molecule has 2 aromatic carbocycles. The number of benzene rings is 2. The number of amides is 1. The molecule has 20 heavy (non-hydrogen) atoms. The van der Waals surface area contributed by atoms with Gasteiger partial charge in [-0.2, -0.15) is 0 Å². The Bertz CT molecular complexity index is 568. The van der Waals surface area contributed by atoms with Crippen molar-refractivity contribution in [3.05, 3.63) is 70.7 Å². The van der Waals surface area contributed by atoms with Crippen LogP contribution in [-0.2, 0) is 0 Å². The van der Waals surface area contributed by atoms with E-state index in [-0.39, 0.29) is 5.91 Å². The Morgan fingerprint density at radius 2 is 1.75 bits per heavy atom. The molecule has 2 nitrogen and oxygen atoms in total. The Kier molecular flexibility index (Phi) is 5.19. The van der Waals surface area contributed by atoms with Gasteiger partial charge in [-0.05, 0) is 24.1 Å². The molecule has 1 unspecified atom stereocenters. The third-order valence-corrected chi connectivity index (χ3v) is 3.72. The van der Waals surface area contributed by atoms with Crippen molar-refractivity contribution in [1.29, 1.82) is 0 Å². The number of carbonyl (C=O) groups excluding carboxylic acids is 1. The minimum Gasteiger partial charge on any atom is -0.351 e. The lowest BCUT2D eigenvalue weighted by Gasteiger charge is -2.16. The standard InChI is InChI=1S/C17H18ClNO/c1-2-13(14-8-4-3-5-9-14)12-19-17(20)15-10-6-7-11-16(15)18/h3-11,13H,2,12H2,1H3,(H,19,20). The molecule has 2 aromatic rings. The molecule has 2 rings (SSSR count). The summed E-state index contributed by atoms with van der Waals surface area (Å²) in [6, 6.07) is 17.3. The maximum absolute atomic E-state index is 12.1. The van der Waals surface area contributed by atoms with E-state index in [1.165, 1.54) is 5.56 Å². The average Bonchev–Trinajstić information content (AvgIpc) is 2.49. The van der Waals surface area contributed by atoms with Gasteiger partial charge in [0, 0.05) is 12.5 Å². The van der Waals surface area contributed by atoms with Crippen molar-refractivity contribution in [3.8, 4) is 0 Å². The lowest BCUT2D eigenvalue weighted by atomic mass is 9.96. The summed E-state index contributed by atoms with van der Waals surface area (Å²) in [5.74, 6) is 0.201. The Balaban J connectivity index is 2.01. The van der Waals surface area contributed by atoms with Crippen molar-refractivity contribution in [2.45, 2.75) is 19.3 Å². The molecule has 0 aliphatic heterocycles. The smallest absolute Gasteiger partial charge is 0.252 e. The van der Waals surface area contributed by atoms with Gasteiger partial charge in [-0.3, -0.25) is 4.79 Å². The maximum atomic E-state index is 12.1. The third kappa shape index (κ3) is 3.61. The van der Waals surface area contributed by atoms with E-state index < -0.39 is 0 Å². The summed E-state index contributed by atoms with van der Waals surface area (Å²) < 4.78 is 0. The third-order valence-electron chi connectivity index (χ3n) is 3.39. The normalized spacial score (nSPS) is 11.9. The van der Waals surface area contributed by atoms with E-state index in [2.05, 4.69) is 24.4 Å². The van der Waals surface area contributed by atoms with Gasteiger partial charge >= 0.3 is 0 Å². The molecule has 0 fully saturated rings. The zero-order valence-corrected chi connectivity index (χ0v) is 12.2. The van der Waals surface area contributed by atoms with E-state index in [0.717, 1.165) is 6.42 Å². The molecular formula is C17H18ClNO. The van der Waals surface area contributed by atoms with Crippen molar-refractivity contribution in [2.24, 2.45) is 0 Å². The summed E-state index contributed by atoms with van der Waals surface area (Å²) >= 11 is 6.02. The number of nitrogens with one attached hydrogen (secondary N) is 1. The fraction of sp³-hybridized carbons (Fsp3) is 0.235. The molecule has 0 radical (unpaired) electrons. The molecule has 1 amide bonds. The van der Waals surface area contributed by atoms with Crippen molar-refractivity contribution in [2.75, 3.05) is 6.54 Å². The topological polar surface area (TPSA) is 29.1 Å². The van der Waals surface area contributed by atoms with Crippen LogP contribution in [0, 0.1) is 0 Å². The van der Waals surface area contributed by atoms with Crippen LogP contribution in [0.15, 0.2) is 54.6 Å². The lowest BCUT2D eigenvalue weighted by Crippen LogP contribution is -2.28. The van der Waals surface area contributed by atoms with Crippen LogP contribution in [0.1, 0.15) is 35.2 Å². The average molecular weight is 288 g/mol. The van der Waals surface area contributed by atoms with Gasteiger partial charge in [0.25, 0.3) is 5.91 Å². The van der Waals surface area contributed by atoms with E-state index in [0.29, 0.717) is 23.0 Å². The second-order valence-electron chi connectivity index (χ2n) is 4.71. The van der Waals surface area contributed by atoms with Crippen molar-refractivity contribution >= 4 is 17.5 Å². The van der Waals surface area contributed by atoms with Crippen LogP contribution in [-0.4, -0.2) is 12.5 Å². The first kappa shape index (κ1) is 14.6. The maximum Gasteiger partial charge on any atom is 0.252 e. The van der Waals surface area contributed by atoms with Gasteiger partial charge in [-0.15, -0.1) is 0 Å². The minimum absolute atomic E-state index is 0.120. The monoisotopic (exact) mass is 287 g/mol. The van der Waals surface area contributed by atoms with Crippen LogP contribution in [0.25, 0.3) is 0 Å². The van der Waals surface area contributed by atoms with Gasteiger partial charge < -0.3 is 5.32 Å². The Hall–Kier alpha value is -1.80. The molecule has 0 heterocycles. The summed E-state index contributed by atoms with van der Waals surface area (Å²) in [5, 5.41) is 3.45. The van der Waals surface area contributed by atoms with Gasteiger partial charge in [0.15, 0.2) is 0 Å². The highest BCUT2D eigenvalue weighted by Crippen LogP contribution is 2.19. The predicted octanol–water partition coefficient (Wildman–Crippen LogP) is 4.26. The SMILES string of the molecule is CCC(CNC(=O)c1ccccc1Cl)c1ccccc1. The second-order valence-corrected chi connectivity index (χ2v) is 5.11. The molecule has 3 heteroatoms. The quantitative estimate of drug-likeness (QED) is 0.874. The number of carbonyl (C=O) groups is 1. The first-order valence-corrected chi connectivity index (χ1v) is 7.17. The van der Waals surface area contributed by atoms with E-state index in [9.17, 15) is 4.79 Å². The van der Waals surface area contributed by atoms with E-state index in [1.54, 1.807) is 12.1 Å². The number of halogens is 1. The fourth-order valence-electron chi connectivity index (χ4n) is 2.18. The summed E-state index contributed by atoms with van der Waals surface area (Å²) in [4.78, 5) is 12.1. The molecule has 0 bridgehead atoms. The Morgan fingerprint density at radius 1 is 1.10 bits per heavy atom. The second kappa shape index (κ2) is 7.11. The first-order chi connectivity index (χ1) is 9.72. The van der Waals surface area contributed by atoms with Crippen LogP contribution in [0.5, 0.6) is 0 Å². The van der Waals surface area contributed by atoms with Gasteiger partial charge in [0.05, 0.1) is 10.6 Å². The highest BCUT2D eigenvalue weighted by molar-refractivity contribution is 6.33. The van der Waals surface area contributed by atoms with E-state index >= 15 is 0 Å². The predicted molar refractivity (Wildman–Crippen MR) is 83.3 cm³/mol. The summed E-state index contributed by atoms with van der Waals surface area (Å²) in [6.45, 7) is 2.74. The summed E-state index contributed by atoms with van der Waals surface area (Å²) in [5.41, 5.74) is 1.77. The molecule has 0 aromatic heterocycles. The van der Waals surface area contributed by atoms with Crippen LogP contribution in [0.4, 0.5) is 0 Å². The molecular weight excluding hydrogens is 270 g/mol. The van der Waals surface area contributed by atoms with Crippen LogP contribution < -0.4 is 5.32 Å². The fourth-order valence-corrected chi connectivity index (χ4v) is 2.40. The molecule has 0 saturated heterocycles. The van der Waals surface area contributed by atoms with Crippen molar-refractivity contribution in [3.63, 3.8) is 0 Å². The highest BCUT2D eigenvalue weighted by atomic mass is 35.5. The van der Waals surface area contributed by atoms with E-state index in [4.69, 9.17) is 11.6 Å². The van der Waals surface area contributed by atoms with Crippen molar-refractivity contribution < 1.29 is 4.79 Å². The molecule has 0 saturated carbocycles. The zero-order chi connectivity index (χ0) is 14.4. The molecule has 1 atom stereocenters. The van der Waals surface area contributed by atoms with Crippen LogP contribution in [0.3, 0.4) is 0 Å². The molecule has 104 valence electrons. The van der Waals surface area contributed by atoms with Crippen LogP contribution in [0.2, 0.25) is 5.02 Å². The Labute approximate surface area is 124 Å². The first-order valence-electron chi connectivity index (χ1n) is 6.80. The molecule has 0 spiro atoms. The summed E-state index contributed by atoms with van der Waals surface area (Å²) in [7, 11) is 0. The molecule has 1 N–H and O–H groups in total. The number of hydrogen-bond acceptors (Lipinski definition) is 1. The Morgan fingerprint density at radius 3 is 2.40 bits per heavy atom. The van der Waals surface area contributed by atoms with E-state index in [1.807, 2.05) is 30.3 Å². The largest absolute Gasteiger partial charge is 0.351 e. The molecule has 0 aliphatic carbocycles.